The first-order chi connectivity index (χ1) is 11.7. The molecule has 132 valence electrons. The van der Waals surface area contributed by atoms with E-state index in [9.17, 15) is 9.59 Å². The summed E-state index contributed by atoms with van der Waals surface area (Å²) >= 11 is 1.60. The van der Waals surface area contributed by atoms with Crippen LogP contribution >= 0.6 is 11.8 Å². The van der Waals surface area contributed by atoms with Gasteiger partial charge < -0.3 is 9.64 Å². The van der Waals surface area contributed by atoms with Crippen molar-refractivity contribution < 1.29 is 14.3 Å². The van der Waals surface area contributed by atoms with Crippen molar-refractivity contribution >= 4 is 23.6 Å². The molecular weight excluding hydrogens is 322 g/mol. The van der Waals surface area contributed by atoms with E-state index < -0.39 is 6.04 Å². The number of hydrogen-bond donors (Lipinski definition) is 0. The second kappa shape index (κ2) is 9.72. The molecule has 0 bridgehead atoms. The third-order valence-electron chi connectivity index (χ3n) is 4.13. The van der Waals surface area contributed by atoms with Crippen molar-refractivity contribution in [2.45, 2.75) is 52.0 Å². The standard InChI is InChI=1S/C19H27NO3S/c1-3-5-6-7-15-8-10-16(11-9-15)18(21)20-14-24-13-17(20)19(22)23-12-4-2/h8-11,17H,3-7,12-14H2,1-2H3. The van der Waals surface area contributed by atoms with Crippen LogP contribution in [0, 0.1) is 0 Å². The first-order valence-electron chi connectivity index (χ1n) is 8.81. The predicted molar refractivity (Wildman–Crippen MR) is 98.2 cm³/mol. The Morgan fingerprint density at radius 2 is 1.92 bits per heavy atom. The molecule has 0 spiro atoms. The summed E-state index contributed by atoms with van der Waals surface area (Å²) < 4.78 is 5.22. The minimum Gasteiger partial charge on any atom is -0.464 e. The Hall–Kier alpha value is -1.49. The van der Waals surface area contributed by atoms with Crippen LogP contribution in [-0.4, -0.2) is 41.1 Å². The van der Waals surface area contributed by atoms with Crippen LogP contribution in [0.15, 0.2) is 24.3 Å². The molecule has 1 saturated heterocycles. The lowest BCUT2D eigenvalue weighted by molar-refractivity contribution is -0.147. The summed E-state index contributed by atoms with van der Waals surface area (Å²) in [6, 6.07) is 7.34. The van der Waals surface area contributed by atoms with Gasteiger partial charge in [0.1, 0.15) is 6.04 Å². The monoisotopic (exact) mass is 349 g/mol. The Balaban J connectivity index is 1.98. The maximum atomic E-state index is 12.7. The number of aryl methyl sites for hydroxylation is 1. The summed E-state index contributed by atoms with van der Waals surface area (Å²) in [7, 11) is 0. The molecular formula is C19H27NO3S. The van der Waals surface area contributed by atoms with Gasteiger partial charge >= 0.3 is 5.97 Å². The van der Waals surface area contributed by atoms with E-state index in [1.54, 1.807) is 16.7 Å². The van der Waals surface area contributed by atoms with Crippen LogP contribution in [0.3, 0.4) is 0 Å². The van der Waals surface area contributed by atoms with Gasteiger partial charge in [0.05, 0.1) is 12.5 Å². The van der Waals surface area contributed by atoms with Crippen LogP contribution in [0.1, 0.15) is 55.5 Å². The van der Waals surface area contributed by atoms with Crippen molar-refractivity contribution in [3.05, 3.63) is 35.4 Å². The molecule has 1 unspecified atom stereocenters. The highest BCUT2D eigenvalue weighted by molar-refractivity contribution is 7.99. The zero-order chi connectivity index (χ0) is 17.4. The summed E-state index contributed by atoms with van der Waals surface area (Å²) in [4.78, 5) is 26.5. The Morgan fingerprint density at radius 1 is 1.17 bits per heavy atom. The van der Waals surface area contributed by atoms with Gasteiger partial charge in [-0.15, -0.1) is 11.8 Å². The van der Waals surface area contributed by atoms with E-state index in [4.69, 9.17) is 4.74 Å². The van der Waals surface area contributed by atoms with E-state index in [1.807, 2.05) is 31.2 Å². The predicted octanol–water partition coefficient (Wildman–Crippen LogP) is 3.89. The lowest BCUT2D eigenvalue weighted by Crippen LogP contribution is -2.42. The highest BCUT2D eigenvalue weighted by atomic mass is 32.2. The molecule has 5 heteroatoms. The van der Waals surface area contributed by atoms with E-state index in [-0.39, 0.29) is 11.9 Å². The van der Waals surface area contributed by atoms with Gasteiger partial charge in [0.25, 0.3) is 5.91 Å². The maximum absolute atomic E-state index is 12.7. The molecule has 1 heterocycles. The average molecular weight is 349 g/mol. The number of nitrogens with zero attached hydrogens (tertiary/aromatic N) is 1. The first-order valence-corrected chi connectivity index (χ1v) is 9.97. The van der Waals surface area contributed by atoms with Gasteiger partial charge in [0.2, 0.25) is 0 Å². The summed E-state index contributed by atoms with van der Waals surface area (Å²) in [5, 5.41) is 0. The molecule has 1 aromatic carbocycles. The molecule has 1 fully saturated rings. The zero-order valence-corrected chi connectivity index (χ0v) is 15.4. The maximum Gasteiger partial charge on any atom is 0.329 e. The van der Waals surface area contributed by atoms with Crippen LogP contribution < -0.4 is 0 Å². The van der Waals surface area contributed by atoms with Crippen molar-refractivity contribution in [1.29, 1.82) is 0 Å². The van der Waals surface area contributed by atoms with Crippen LogP contribution in [0.2, 0.25) is 0 Å². The lowest BCUT2D eigenvalue weighted by atomic mass is 10.0. The number of benzene rings is 1. The van der Waals surface area contributed by atoms with Crippen molar-refractivity contribution in [1.82, 2.24) is 4.90 Å². The molecule has 24 heavy (non-hydrogen) atoms. The number of esters is 1. The Labute approximate surface area is 148 Å². The molecule has 0 N–H and O–H groups in total. The largest absolute Gasteiger partial charge is 0.464 e. The molecule has 1 aliphatic heterocycles. The highest BCUT2D eigenvalue weighted by Crippen LogP contribution is 2.24. The van der Waals surface area contributed by atoms with Crippen LogP contribution in [0.25, 0.3) is 0 Å². The van der Waals surface area contributed by atoms with Gasteiger partial charge in [-0.05, 0) is 37.0 Å². The van der Waals surface area contributed by atoms with Crippen LogP contribution in [-0.2, 0) is 16.0 Å². The third-order valence-corrected chi connectivity index (χ3v) is 5.15. The Morgan fingerprint density at radius 3 is 2.58 bits per heavy atom. The summed E-state index contributed by atoms with van der Waals surface area (Å²) in [6.45, 7) is 4.56. The van der Waals surface area contributed by atoms with E-state index in [0.717, 1.165) is 12.8 Å². The van der Waals surface area contributed by atoms with Crippen molar-refractivity contribution in [3.8, 4) is 0 Å². The zero-order valence-electron chi connectivity index (χ0n) is 14.6. The van der Waals surface area contributed by atoms with Gasteiger partial charge in [-0.3, -0.25) is 4.79 Å². The first kappa shape index (κ1) is 18.8. The number of carbonyl (C=O) groups excluding carboxylic acids is 2. The smallest absolute Gasteiger partial charge is 0.329 e. The molecule has 1 aliphatic rings. The minimum atomic E-state index is -0.460. The number of rotatable bonds is 8. The van der Waals surface area contributed by atoms with Crippen LogP contribution in [0.4, 0.5) is 0 Å². The molecule has 0 radical (unpaired) electrons. The fraction of sp³-hybridized carbons (Fsp3) is 0.579. The molecule has 2 rings (SSSR count). The second-order valence-corrected chi connectivity index (χ2v) is 7.11. The number of ether oxygens (including phenoxy) is 1. The molecule has 1 atom stereocenters. The second-order valence-electron chi connectivity index (χ2n) is 6.11. The van der Waals surface area contributed by atoms with E-state index >= 15 is 0 Å². The van der Waals surface area contributed by atoms with Crippen molar-refractivity contribution in [3.63, 3.8) is 0 Å². The minimum absolute atomic E-state index is 0.0847. The molecule has 0 aromatic heterocycles. The summed E-state index contributed by atoms with van der Waals surface area (Å²) in [6.07, 6.45) is 5.46. The SMILES string of the molecule is CCCCCc1ccc(C(=O)N2CSCC2C(=O)OCCC)cc1. The normalized spacial score (nSPS) is 17.1. The summed E-state index contributed by atoms with van der Waals surface area (Å²) in [5.41, 5.74) is 1.90. The number of amides is 1. The average Bonchev–Trinajstić information content (AvgIpc) is 3.09. The molecule has 1 amide bonds. The van der Waals surface area contributed by atoms with Crippen molar-refractivity contribution in [2.24, 2.45) is 0 Å². The quantitative estimate of drug-likeness (QED) is 0.528. The fourth-order valence-corrected chi connectivity index (χ4v) is 3.83. The van der Waals surface area contributed by atoms with Gasteiger partial charge in [0.15, 0.2) is 0 Å². The molecule has 0 saturated carbocycles. The van der Waals surface area contributed by atoms with E-state index in [1.165, 1.54) is 24.8 Å². The molecule has 1 aromatic rings. The number of unbranched alkanes of at least 4 members (excludes halogenated alkanes) is 2. The van der Waals surface area contributed by atoms with Crippen LogP contribution in [0.5, 0.6) is 0 Å². The number of carbonyl (C=O) groups is 2. The van der Waals surface area contributed by atoms with Crippen molar-refractivity contribution in [2.75, 3.05) is 18.2 Å². The van der Waals surface area contributed by atoms with Gasteiger partial charge in [0, 0.05) is 11.3 Å². The third kappa shape index (κ3) is 5.00. The lowest BCUT2D eigenvalue weighted by Gasteiger charge is -2.22. The molecule has 0 aliphatic carbocycles. The van der Waals surface area contributed by atoms with Gasteiger partial charge in [-0.25, -0.2) is 4.79 Å². The van der Waals surface area contributed by atoms with E-state index in [0.29, 0.717) is 23.8 Å². The Bertz CT molecular complexity index is 544. The highest BCUT2D eigenvalue weighted by Gasteiger charge is 2.36. The molecule has 4 nitrogen and oxygen atoms in total. The Kier molecular flexibility index (Phi) is 7.63. The van der Waals surface area contributed by atoms with E-state index in [2.05, 4.69) is 6.92 Å². The number of hydrogen-bond acceptors (Lipinski definition) is 4. The fourth-order valence-electron chi connectivity index (χ4n) is 2.70. The summed E-state index contributed by atoms with van der Waals surface area (Å²) in [5.74, 6) is 0.789. The number of thioether (sulfide) groups is 1. The topological polar surface area (TPSA) is 46.6 Å². The van der Waals surface area contributed by atoms with Gasteiger partial charge in [-0.2, -0.15) is 0 Å². The van der Waals surface area contributed by atoms with Gasteiger partial charge in [-0.1, -0.05) is 38.8 Å².